The van der Waals surface area contributed by atoms with E-state index >= 15 is 0 Å². The minimum absolute atomic E-state index is 0.0129. The summed E-state index contributed by atoms with van der Waals surface area (Å²) in [6.07, 6.45) is 8.66. The van der Waals surface area contributed by atoms with Gasteiger partial charge in [0.25, 0.3) is 0 Å². The van der Waals surface area contributed by atoms with Crippen LogP contribution >= 0.6 is 0 Å². The summed E-state index contributed by atoms with van der Waals surface area (Å²) in [6.45, 7) is 6.94. The second kappa shape index (κ2) is 5.81. The number of carbonyl (C=O) groups is 1. The first-order valence-electron chi connectivity index (χ1n) is 10.2. The number of ketones is 1. The molecule has 0 aromatic heterocycles. The number of Topliss-reactive ketones (excluding diaryl/α,β-unsaturated/α-hetero) is 1. The summed E-state index contributed by atoms with van der Waals surface area (Å²) in [4.78, 5) is 12.5. The number of fused-ring (bicyclic) bond motifs is 5. The van der Waals surface area contributed by atoms with Gasteiger partial charge < -0.3 is 9.84 Å². The van der Waals surface area contributed by atoms with Crippen LogP contribution in [0.3, 0.4) is 0 Å². The Hall–Kier alpha value is -0.410. The van der Waals surface area contributed by atoms with E-state index in [0.717, 1.165) is 43.9 Å². The topological polar surface area (TPSA) is 46.5 Å². The standard InChI is InChI=1S/C21H34O3/c1-4-24-19-11-16-13(12-21(19,3)23)5-6-15-14(16)9-10-20(2)17(15)7-8-18(20)22/h13-17,19,23H,4-12H2,1-3H3/t13-,14-,15+,16-,17-,19-,20-,21-/m0/s1. The van der Waals surface area contributed by atoms with Crippen molar-refractivity contribution in [1.29, 1.82) is 0 Å². The highest BCUT2D eigenvalue weighted by Gasteiger charge is 2.58. The largest absolute Gasteiger partial charge is 0.387 e. The molecule has 24 heavy (non-hydrogen) atoms. The summed E-state index contributed by atoms with van der Waals surface area (Å²) in [5, 5.41) is 10.9. The minimum atomic E-state index is -0.670. The van der Waals surface area contributed by atoms with Crippen LogP contribution in [0.2, 0.25) is 0 Å². The monoisotopic (exact) mass is 334 g/mol. The summed E-state index contributed by atoms with van der Waals surface area (Å²) in [7, 11) is 0. The molecule has 1 N–H and O–H groups in total. The average molecular weight is 335 g/mol. The molecule has 0 unspecified atom stereocenters. The molecule has 4 rings (SSSR count). The normalized spacial score (nSPS) is 54.1. The van der Waals surface area contributed by atoms with E-state index in [1.807, 2.05) is 13.8 Å². The van der Waals surface area contributed by atoms with Crippen molar-refractivity contribution in [1.82, 2.24) is 0 Å². The van der Waals surface area contributed by atoms with Gasteiger partial charge in [-0.1, -0.05) is 6.92 Å². The van der Waals surface area contributed by atoms with E-state index in [2.05, 4.69) is 6.92 Å². The Morgan fingerprint density at radius 1 is 1.12 bits per heavy atom. The molecule has 0 aromatic rings. The second-order valence-electron chi connectivity index (χ2n) is 9.59. The van der Waals surface area contributed by atoms with E-state index in [9.17, 15) is 9.90 Å². The van der Waals surface area contributed by atoms with Crippen LogP contribution in [0.25, 0.3) is 0 Å². The molecule has 0 aliphatic heterocycles. The lowest BCUT2D eigenvalue weighted by atomic mass is 9.49. The number of carbonyl (C=O) groups excluding carboxylic acids is 1. The van der Waals surface area contributed by atoms with E-state index in [1.54, 1.807) is 0 Å². The maximum Gasteiger partial charge on any atom is 0.139 e. The average Bonchev–Trinajstić information content (AvgIpc) is 2.83. The zero-order chi connectivity index (χ0) is 17.1. The van der Waals surface area contributed by atoms with Crippen molar-refractivity contribution in [3.05, 3.63) is 0 Å². The van der Waals surface area contributed by atoms with Crippen LogP contribution in [0.1, 0.15) is 72.1 Å². The van der Waals surface area contributed by atoms with Crippen molar-refractivity contribution in [2.45, 2.75) is 83.8 Å². The Kier molecular flexibility index (Phi) is 4.12. The molecule has 0 heterocycles. The molecule has 136 valence electrons. The summed E-state index contributed by atoms with van der Waals surface area (Å²) < 4.78 is 5.95. The van der Waals surface area contributed by atoms with Gasteiger partial charge in [-0.25, -0.2) is 0 Å². The molecule has 0 bridgehead atoms. The highest BCUT2D eigenvalue weighted by Crippen LogP contribution is 2.62. The number of aliphatic hydroxyl groups is 1. The zero-order valence-corrected chi connectivity index (χ0v) is 15.6. The second-order valence-corrected chi connectivity index (χ2v) is 9.59. The van der Waals surface area contributed by atoms with E-state index in [4.69, 9.17) is 4.74 Å². The third-order valence-corrected chi connectivity index (χ3v) is 8.45. The van der Waals surface area contributed by atoms with Crippen LogP contribution in [0.5, 0.6) is 0 Å². The Morgan fingerprint density at radius 3 is 2.67 bits per heavy atom. The van der Waals surface area contributed by atoms with Gasteiger partial charge in [0, 0.05) is 18.4 Å². The van der Waals surface area contributed by atoms with Crippen molar-refractivity contribution in [3.8, 4) is 0 Å². The maximum atomic E-state index is 12.5. The Balaban J connectivity index is 1.56. The highest BCUT2D eigenvalue weighted by molar-refractivity contribution is 5.87. The van der Waals surface area contributed by atoms with E-state index < -0.39 is 5.60 Å². The zero-order valence-electron chi connectivity index (χ0n) is 15.6. The van der Waals surface area contributed by atoms with Crippen molar-refractivity contribution in [2.75, 3.05) is 6.61 Å². The Bertz CT molecular complexity index is 513. The SMILES string of the molecule is CCO[C@H]1C[C@H]2[C@@H](CC[C@@H]3[C@@H]2CC[C@]2(C)C(=O)CC[C@@H]32)C[C@]1(C)O. The molecule has 0 spiro atoms. The predicted octanol–water partition coefficient (Wildman–Crippen LogP) is 3.97. The number of rotatable bonds is 2. The third-order valence-electron chi connectivity index (χ3n) is 8.45. The first-order chi connectivity index (χ1) is 11.4. The minimum Gasteiger partial charge on any atom is -0.387 e. The van der Waals surface area contributed by atoms with Gasteiger partial charge in [-0.3, -0.25) is 4.79 Å². The van der Waals surface area contributed by atoms with Gasteiger partial charge in [-0.2, -0.15) is 0 Å². The van der Waals surface area contributed by atoms with Crippen molar-refractivity contribution >= 4 is 5.78 Å². The fourth-order valence-electron chi connectivity index (χ4n) is 7.24. The number of hydrogen-bond acceptors (Lipinski definition) is 3. The van der Waals surface area contributed by atoms with Gasteiger partial charge in [0.2, 0.25) is 0 Å². The first-order valence-corrected chi connectivity index (χ1v) is 10.2. The molecule has 4 aliphatic rings. The Labute approximate surface area is 146 Å². The first kappa shape index (κ1) is 17.0. The molecule has 0 saturated heterocycles. The highest BCUT2D eigenvalue weighted by atomic mass is 16.5. The van der Waals surface area contributed by atoms with Gasteiger partial charge in [0.1, 0.15) is 5.78 Å². The van der Waals surface area contributed by atoms with Crippen LogP contribution in [-0.4, -0.2) is 29.2 Å². The van der Waals surface area contributed by atoms with Gasteiger partial charge in [0.15, 0.2) is 0 Å². The summed E-state index contributed by atoms with van der Waals surface area (Å²) in [5.41, 5.74) is -0.690. The molecular weight excluding hydrogens is 300 g/mol. The van der Waals surface area contributed by atoms with Gasteiger partial charge in [0.05, 0.1) is 11.7 Å². The fourth-order valence-corrected chi connectivity index (χ4v) is 7.24. The van der Waals surface area contributed by atoms with Crippen LogP contribution in [0.4, 0.5) is 0 Å². The van der Waals surface area contributed by atoms with Crippen LogP contribution in [0.15, 0.2) is 0 Å². The van der Waals surface area contributed by atoms with E-state index in [1.165, 1.54) is 19.3 Å². The lowest BCUT2D eigenvalue weighted by molar-refractivity contribution is -0.171. The fraction of sp³-hybridized carbons (Fsp3) is 0.952. The molecule has 0 radical (unpaired) electrons. The van der Waals surface area contributed by atoms with Crippen molar-refractivity contribution < 1.29 is 14.6 Å². The van der Waals surface area contributed by atoms with Gasteiger partial charge in [-0.05, 0) is 88.4 Å². The van der Waals surface area contributed by atoms with Crippen LogP contribution < -0.4 is 0 Å². The van der Waals surface area contributed by atoms with Gasteiger partial charge >= 0.3 is 0 Å². The van der Waals surface area contributed by atoms with Crippen LogP contribution in [-0.2, 0) is 9.53 Å². The number of hydrogen-bond donors (Lipinski definition) is 1. The van der Waals surface area contributed by atoms with Crippen molar-refractivity contribution in [3.63, 3.8) is 0 Å². The molecule has 8 atom stereocenters. The maximum absolute atomic E-state index is 12.5. The molecule has 4 fully saturated rings. The molecule has 4 saturated carbocycles. The molecule has 0 aromatic carbocycles. The Morgan fingerprint density at radius 2 is 1.92 bits per heavy atom. The summed E-state index contributed by atoms with van der Waals surface area (Å²) >= 11 is 0. The quantitative estimate of drug-likeness (QED) is 0.831. The predicted molar refractivity (Wildman–Crippen MR) is 93.5 cm³/mol. The summed E-state index contributed by atoms with van der Waals surface area (Å²) in [5.74, 6) is 4.00. The third kappa shape index (κ3) is 2.41. The molecule has 3 heteroatoms. The molecule has 4 aliphatic carbocycles. The molecule has 0 amide bonds. The van der Waals surface area contributed by atoms with E-state index in [0.29, 0.717) is 30.1 Å². The lowest BCUT2D eigenvalue weighted by Gasteiger charge is -2.57. The smallest absolute Gasteiger partial charge is 0.139 e. The molecular formula is C21H34O3. The molecule has 3 nitrogen and oxygen atoms in total. The van der Waals surface area contributed by atoms with Crippen LogP contribution in [0, 0.1) is 35.0 Å². The van der Waals surface area contributed by atoms with Gasteiger partial charge in [-0.15, -0.1) is 0 Å². The lowest BCUT2D eigenvalue weighted by Crippen LogP contribution is -2.55. The van der Waals surface area contributed by atoms with Crippen molar-refractivity contribution in [2.24, 2.45) is 35.0 Å². The number of ether oxygens (including phenoxy) is 1. The van der Waals surface area contributed by atoms with E-state index in [-0.39, 0.29) is 11.5 Å². The summed E-state index contributed by atoms with van der Waals surface area (Å²) in [6, 6.07) is 0.